The lowest BCUT2D eigenvalue weighted by atomic mass is 10.0. The van der Waals surface area contributed by atoms with E-state index in [0.717, 1.165) is 11.1 Å². The van der Waals surface area contributed by atoms with Crippen LogP contribution in [0.1, 0.15) is 34.8 Å². The number of piperazine rings is 1. The van der Waals surface area contributed by atoms with Gasteiger partial charge in [-0.2, -0.15) is 0 Å². The van der Waals surface area contributed by atoms with Crippen molar-refractivity contribution in [2.75, 3.05) is 6.54 Å². The van der Waals surface area contributed by atoms with Crippen molar-refractivity contribution in [1.29, 1.82) is 0 Å². The van der Waals surface area contributed by atoms with Gasteiger partial charge in [0.15, 0.2) is 0 Å². The molecule has 0 bridgehead atoms. The Kier molecular flexibility index (Phi) is 3.88. The summed E-state index contributed by atoms with van der Waals surface area (Å²) in [4.78, 5) is 37.3. The second-order valence-corrected chi connectivity index (χ2v) is 5.09. The molecular weight excluding hydrogens is 256 g/mol. The first-order chi connectivity index (χ1) is 9.43. The number of nitrogens with zero attached hydrogens (tertiary/aromatic N) is 1. The topological polar surface area (TPSA) is 66.5 Å². The first-order valence-electron chi connectivity index (χ1n) is 6.66. The van der Waals surface area contributed by atoms with Crippen LogP contribution in [0.15, 0.2) is 18.2 Å². The lowest BCUT2D eigenvalue weighted by Gasteiger charge is -2.33. The van der Waals surface area contributed by atoms with Crippen molar-refractivity contribution < 1.29 is 14.4 Å². The van der Waals surface area contributed by atoms with Gasteiger partial charge in [0.05, 0.1) is 0 Å². The molecule has 5 heteroatoms. The summed E-state index contributed by atoms with van der Waals surface area (Å²) in [6.07, 6.45) is 0.482. The van der Waals surface area contributed by atoms with Gasteiger partial charge in [0.25, 0.3) is 5.91 Å². The van der Waals surface area contributed by atoms with Gasteiger partial charge >= 0.3 is 0 Å². The minimum Gasteiger partial charge on any atom is -0.317 e. The molecule has 1 aromatic carbocycles. The Balaban J connectivity index is 2.37. The first kappa shape index (κ1) is 14.2. The van der Waals surface area contributed by atoms with Gasteiger partial charge < -0.3 is 4.90 Å². The summed E-state index contributed by atoms with van der Waals surface area (Å²) in [6, 6.07) is 5.01. The monoisotopic (exact) mass is 274 g/mol. The third-order valence-electron chi connectivity index (χ3n) is 3.53. The fourth-order valence-electron chi connectivity index (χ4n) is 2.41. The molecule has 1 aromatic rings. The molecule has 3 amide bonds. The maximum Gasteiger partial charge on any atom is 0.255 e. The Morgan fingerprint density at radius 1 is 1.35 bits per heavy atom. The van der Waals surface area contributed by atoms with Crippen LogP contribution in [0.5, 0.6) is 0 Å². The van der Waals surface area contributed by atoms with Gasteiger partial charge in [0.2, 0.25) is 11.8 Å². The van der Waals surface area contributed by atoms with Crippen molar-refractivity contribution >= 4 is 17.7 Å². The van der Waals surface area contributed by atoms with Crippen LogP contribution in [0.25, 0.3) is 0 Å². The minimum atomic E-state index is -0.583. The van der Waals surface area contributed by atoms with Crippen molar-refractivity contribution in [2.24, 2.45) is 0 Å². The highest BCUT2D eigenvalue weighted by Gasteiger charge is 2.36. The number of hydrogen-bond donors (Lipinski definition) is 1. The summed E-state index contributed by atoms with van der Waals surface area (Å²) in [5.41, 5.74) is 2.36. The number of hydrogen-bond acceptors (Lipinski definition) is 3. The van der Waals surface area contributed by atoms with Crippen LogP contribution in [-0.4, -0.2) is 35.2 Å². The fourth-order valence-corrected chi connectivity index (χ4v) is 2.41. The summed E-state index contributed by atoms with van der Waals surface area (Å²) in [7, 11) is 0. The normalized spacial score (nSPS) is 18.9. The standard InChI is InChI=1S/C15H18N2O3/c1-4-12-14(19)16-13(18)8-17(12)15(20)11-7-9(2)5-6-10(11)3/h5-7,12H,4,8H2,1-3H3,(H,16,18,19). The lowest BCUT2D eigenvalue weighted by Crippen LogP contribution is -2.59. The Hall–Kier alpha value is -2.17. The largest absolute Gasteiger partial charge is 0.317 e. The third kappa shape index (κ3) is 2.57. The molecule has 106 valence electrons. The van der Waals surface area contributed by atoms with E-state index in [2.05, 4.69) is 5.32 Å². The Morgan fingerprint density at radius 2 is 2.05 bits per heavy atom. The van der Waals surface area contributed by atoms with E-state index in [1.54, 1.807) is 6.07 Å². The summed E-state index contributed by atoms with van der Waals surface area (Å²) in [6.45, 7) is 5.50. The van der Waals surface area contributed by atoms with E-state index in [9.17, 15) is 14.4 Å². The van der Waals surface area contributed by atoms with Gasteiger partial charge in [-0.25, -0.2) is 0 Å². The predicted octanol–water partition coefficient (Wildman–Crippen LogP) is 1.18. The van der Waals surface area contributed by atoms with Crippen molar-refractivity contribution in [2.45, 2.75) is 33.2 Å². The van der Waals surface area contributed by atoms with Gasteiger partial charge in [0.1, 0.15) is 12.6 Å². The molecule has 1 N–H and O–H groups in total. The number of rotatable bonds is 2. The highest BCUT2D eigenvalue weighted by atomic mass is 16.2. The van der Waals surface area contributed by atoms with Crippen LogP contribution in [0, 0.1) is 13.8 Å². The molecule has 1 aliphatic rings. The maximum atomic E-state index is 12.6. The molecule has 0 radical (unpaired) electrons. The molecule has 2 rings (SSSR count). The third-order valence-corrected chi connectivity index (χ3v) is 3.53. The van der Waals surface area contributed by atoms with Gasteiger partial charge in [-0.3, -0.25) is 19.7 Å². The van der Waals surface area contributed by atoms with Crippen LogP contribution >= 0.6 is 0 Å². The molecule has 0 spiro atoms. The van der Waals surface area contributed by atoms with E-state index in [-0.39, 0.29) is 12.5 Å². The van der Waals surface area contributed by atoms with Gasteiger partial charge in [-0.1, -0.05) is 24.6 Å². The number of imide groups is 1. The quantitative estimate of drug-likeness (QED) is 0.824. The number of carbonyl (C=O) groups excluding carboxylic acids is 3. The Labute approximate surface area is 118 Å². The molecule has 1 heterocycles. The summed E-state index contributed by atoms with van der Waals surface area (Å²) in [5, 5.41) is 2.27. The summed E-state index contributed by atoms with van der Waals surface area (Å²) < 4.78 is 0. The molecule has 20 heavy (non-hydrogen) atoms. The van der Waals surface area contributed by atoms with Gasteiger partial charge in [-0.05, 0) is 31.9 Å². The van der Waals surface area contributed by atoms with E-state index in [4.69, 9.17) is 0 Å². The van der Waals surface area contributed by atoms with Crippen LogP contribution in [0.4, 0.5) is 0 Å². The van der Waals surface area contributed by atoms with Crippen molar-refractivity contribution in [3.05, 3.63) is 34.9 Å². The Bertz CT molecular complexity index is 580. The Morgan fingerprint density at radius 3 is 2.70 bits per heavy atom. The smallest absolute Gasteiger partial charge is 0.255 e. The molecule has 1 fully saturated rings. The average Bonchev–Trinajstić information content (AvgIpc) is 2.40. The maximum absolute atomic E-state index is 12.6. The number of carbonyl (C=O) groups is 3. The van der Waals surface area contributed by atoms with E-state index in [0.29, 0.717) is 12.0 Å². The van der Waals surface area contributed by atoms with Crippen LogP contribution in [0.3, 0.4) is 0 Å². The van der Waals surface area contributed by atoms with Crippen LogP contribution in [0.2, 0.25) is 0 Å². The number of amides is 3. The predicted molar refractivity (Wildman–Crippen MR) is 74.2 cm³/mol. The molecule has 0 aliphatic carbocycles. The van der Waals surface area contributed by atoms with Gasteiger partial charge in [0, 0.05) is 5.56 Å². The zero-order chi connectivity index (χ0) is 14.9. The second kappa shape index (κ2) is 5.45. The first-order valence-corrected chi connectivity index (χ1v) is 6.66. The molecule has 1 atom stereocenters. The van der Waals surface area contributed by atoms with E-state index < -0.39 is 17.9 Å². The summed E-state index contributed by atoms with van der Waals surface area (Å²) in [5.74, 6) is -1.10. The second-order valence-electron chi connectivity index (χ2n) is 5.09. The minimum absolute atomic E-state index is 0.0730. The molecule has 1 saturated heterocycles. The van der Waals surface area contributed by atoms with Gasteiger partial charge in [-0.15, -0.1) is 0 Å². The zero-order valence-corrected chi connectivity index (χ0v) is 11.9. The zero-order valence-electron chi connectivity index (χ0n) is 11.9. The molecule has 5 nitrogen and oxygen atoms in total. The molecule has 1 unspecified atom stereocenters. The van der Waals surface area contributed by atoms with Crippen LogP contribution in [-0.2, 0) is 9.59 Å². The SMILES string of the molecule is CCC1C(=O)NC(=O)CN1C(=O)c1cc(C)ccc1C. The van der Waals surface area contributed by atoms with E-state index in [1.165, 1.54) is 4.90 Å². The number of nitrogens with one attached hydrogen (secondary N) is 1. The van der Waals surface area contributed by atoms with E-state index in [1.807, 2.05) is 32.9 Å². The molecular formula is C15H18N2O3. The average molecular weight is 274 g/mol. The van der Waals surface area contributed by atoms with E-state index >= 15 is 0 Å². The summed E-state index contributed by atoms with van der Waals surface area (Å²) >= 11 is 0. The molecule has 0 saturated carbocycles. The van der Waals surface area contributed by atoms with Crippen molar-refractivity contribution in [3.63, 3.8) is 0 Å². The highest BCUT2D eigenvalue weighted by Crippen LogP contribution is 2.18. The molecule has 1 aliphatic heterocycles. The van der Waals surface area contributed by atoms with Crippen molar-refractivity contribution in [3.8, 4) is 0 Å². The van der Waals surface area contributed by atoms with Crippen LogP contribution < -0.4 is 5.32 Å². The molecule has 0 aromatic heterocycles. The van der Waals surface area contributed by atoms with Crippen molar-refractivity contribution in [1.82, 2.24) is 10.2 Å². The highest BCUT2D eigenvalue weighted by molar-refractivity contribution is 6.07. The lowest BCUT2D eigenvalue weighted by molar-refractivity contribution is -0.138. The fraction of sp³-hybridized carbons (Fsp3) is 0.400. The number of aryl methyl sites for hydroxylation is 2. The number of benzene rings is 1.